The number of morpholine rings is 1. The standard InChI is InChI=1S/C13H17BrFN3O3/c1-2-17-3-4-21-9(8-17)7-16-12-5-10(14)11(15)6-13(12)18(19)20/h5-6,9,16H,2-4,7-8H2,1H3. The number of nitrogens with one attached hydrogen (secondary N) is 1. The van der Waals surface area contributed by atoms with Gasteiger partial charge in [-0.3, -0.25) is 15.0 Å². The van der Waals surface area contributed by atoms with Crippen molar-refractivity contribution in [2.24, 2.45) is 0 Å². The molecule has 1 N–H and O–H groups in total. The number of rotatable bonds is 5. The Bertz CT molecular complexity index is 530. The lowest BCUT2D eigenvalue weighted by atomic mass is 10.2. The summed E-state index contributed by atoms with van der Waals surface area (Å²) in [6.45, 7) is 5.79. The molecule has 0 spiro atoms. The maximum Gasteiger partial charge on any atom is 0.295 e. The molecule has 1 aromatic rings. The van der Waals surface area contributed by atoms with Gasteiger partial charge in [0.25, 0.3) is 5.69 Å². The SMILES string of the molecule is CCN1CCOC(CNc2cc(Br)c(F)cc2[N+](=O)[O-])C1. The van der Waals surface area contributed by atoms with Crippen molar-refractivity contribution in [1.82, 2.24) is 4.90 Å². The first-order valence-electron chi connectivity index (χ1n) is 6.72. The quantitative estimate of drug-likeness (QED) is 0.644. The van der Waals surface area contributed by atoms with Crippen molar-refractivity contribution >= 4 is 27.3 Å². The zero-order valence-corrected chi connectivity index (χ0v) is 13.2. The van der Waals surface area contributed by atoms with Crippen molar-refractivity contribution in [3.8, 4) is 0 Å². The van der Waals surface area contributed by atoms with Gasteiger partial charge in [0.15, 0.2) is 0 Å². The molecule has 1 atom stereocenters. The second-order valence-corrected chi connectivity index (χ2v) is 5.66. The van der Waals surface area contributed by atoms with E-state index in [2.05, 4.69) is 33.1 Å². The van der Waals surface area contributed by atoms with E-state index in [1.54, 1.807) is 0 Å². The van der Waals surface area contributed by atoms with Crippen LogP contribution in [0.1, 0.15) is 6.92 Å². The van der Waals surface area contributed by atoms with Crippen LogP contribution in [0.25, 0.3) is 0 Å². The van der Waals surface area contributed by atoms with Crippen LogP contribution in [0.4, 0.5) is 15.8 Å². The average molecular weight is 362 g/mol. The first-order valence-corrected chi connectivity index (χ1v) is 7.51. The van der Waals surface area contributed by atoms with Crippen LogP contribution in [-0.4, -0.2) is 48.7 Å². The van der Waals surface area contributed by atoms with Crippen LogP contribution >= 0.6 is 15.9 Å². The molecule has 1 aromatic carbocycles. The van der Waals surface area contributed by atoms with Crippen LogP contribution in [0.5, 0.6) is 0 Å². The maximum absolute atomic E-state index is 13.4. The van der Waals surface area contributed by atoms with Gasteiger partial charge in [-0.05, 0) is 28.5 Å². The summed E-state index contributed by atoms with van der Waals surface area (Å²) < 4.78 is 19.2. The fraction of sp³-hybridized carbons (Fsp3) is 0.538. The number of likely N-dealkylation sites (N-methyl/N-ethyl adjacent to an activating group) is 1. The third kappa shape index (κ3) is 4.12. The van der Waals surface area contributed by atoms with Crippen molar-refractivity contribution in [1.29, 1.82) is 0 Å². The van der Waals surface area contributed by atoms with E-state index in [1.165, 1.54) is 6.07 Å². The summed E-state index contributed by atoms with van der Waals surface area (Å²) in [4.78, 5) is 12.6. The summed E-state index contributed by atoms with van der Waals surface area (Å²) in [5.74, 6) is -0.654. The van der Waals surface area contributed by atoms with Gasteiger partial charge < -0.3 is 10.1 Å². The third-order valence-corrected chi connectivity index (χ3v) is 4.03. The molecule has 1 heterocycles. The Morgan fingerprint density at radius 1 is 1.62 bits per heavy atom. The molecule has 116 valence electrons. The minimum atomic E-state index is -0.654. The molecule has 8 heteroatoms. The molecule has 1 saturated heterocycles. The minimum absolute atomic E-state index is 0.0397. The highest BCUT2D eigenvalue weighted by molar-refractivity contribution is 9.10. The highest BCUT2D eigenvalue weighted by Gasteiger charge is 2.22. The number of ether oxygens (including phenoxy) is 1. The van der Waals surface area contributed by atoms with Gasteiger partial charge in [0.1, 0.15) is 11.5 Å². The van der Waals surface area contributed by atoms with Gasteiger partial charge in [0, 0.05) is 19.6 Å². The second kappa shape index (κ2) is 7.15. The van der Waals surface area contributed by atoms with Crippen LogP contribution in [0.15, 0.2) is 16.6 Å². The Morgan fingerprint density at radius 3 is 3.05 bits per heavy atom. The predicted molar refractivity (Wildman–Crippen MR) is 81.1 cm³/mol. The molecule has 6 nitrogen and oxygen atoms in total. The molecule has 0 bridgehead atoms. The summed E-state index contributed by atoms with van der Waals surface area (Å²) in [5.41, 5.74) is 0.00403. The molecule has 21 heavy (non-hydrogen) atoms. The first kappa shape index (κ1) is 16.1. The smallest absolute Gasteiger partial charge is 0.295 e. The number of nitro benzene ring substituents is 1. The fourth-order valence-corrected chi connectivity index (χ4v) is 2.59. The predicted octanol–water partition coefficient (Wildman–Crippen LogP) is 2.63. The topological polar surface area (TPSA) is 67.6 Å². The summed E-state index contributed by atoms with van der Waals surface area (Å²) in [6, 6.07) is 2.29. The number of nitro groups is 1. The molecule has 1 aliphatic rings. The molecular weight excluding hydrogens is 345 g/mol. The molecule has 2 rings (SSSR count). The summed E-state index contributed by atoms with van der Waals surface area (Å²) in [6.07, 6.45) is -0.0397. The van der Waals surface area contributed by atoms with E-state index in [0.29, 0.717) is 13.2 Å². The Balaban J connectivity index is 2.05. The zero-order valence-electron chi connectivity index (χ0n) is 11.6. The van der Waals surface area contributed by atoms with E-state index in [-0.39, 0.29) is 22.0 Å². The molecule has 0 amide bonds. The van der Waals surface area contributed by atoms with Crippen LogP contribution in [0.2, 0.25) is 0 Å². The molecular formula is C13H17BrFN3O3. The van der Waals surface area contributed by atoms with Crippen LogP contribution in [0.3, 0.4) is 0 Å². The molecule has 0 aromatic heterocycles. The average Bonchev–Trinajstić information content (AvgIpc) is 2.48. The number of nitrogens with zero attached hydrogens (tertiary/aromatic N) is 2. The summed E-state index contributed by atoms with van der Waals surface area (Å²) in [5, 5.41) is 14.0. The zero-order chi connectivity index (χ0) is 15.4. The molecule has 0 saturated carbocycles. The minimum Gasteiger partial charge on any atom is -0.377 e. The molecule has 0 aliphatic carbocycles. The summed E-state index contributed by atoms with van der Waals surface area (Å²) in [7, 11) is 0. The number of anilines is 1. The van der Waals surface area contributed by atoms with Gasteiger partial charge >= 0.3 is 0 Å². The van der Waals surface area contributed by atoms with E-state index >= 15 is 0 Å². The Kier molecular flexibility index (Phi) is 5.49. The first-order chi connectivity index (χ1) is 10.0. The van der Waals surface area contributed by atoms with Gasteiger partial charge in [-0.15, -0.1) is 0 Å². The van der Waals surface area contributed by atoms with E-state index in [0.717, 1.165) is 25.7 Å². The molecule has 1 unspecified atom stereocenters. The van der Waals surface area contributed by atoms with Crippen molar-refractivity contribution < 1.29 is 14.1 Å². The van der Waals surface area contributed by atoms with Crippen molar-refractivity contribution in [2.45, 2.75) is 13.0 Å². The number of halogens is 2. The normalized spacial score (nSPS) is 19.5. The number of benzene rings is 1. The maximum atomic E-state index is 13.4. The van der Waals surface area contributed by atoms with Crippen LogP contribution < -0.4 is 5.32 Å². The van der Waals surface area contributed by atoms with E-state index in [1.807, 2.05) is 0 Å². The largest absolute Gasteiger partial charge is 0.377 e. The lowest BCUT2D eigenvalue weighted by molar-refractivity contribution is -0.384. The van der Waals surface area contributed by atoms with E-state index in [4.69, 9.17) is 4.74 Å². The Morgan fingerprint density at radius 2 is 2.38 bits per heavy atom. The van der Waals surface area contributed by atoms with E-state index < -0.39 is 10.7 Å². The Hall–Kier alpha value is -1.25. The van der Waals surface area contributed by atoms with Gasteiger partial charge in [0.2, 0.25) is 0 Å². The number of hydrogen-bond acceptors (Lipinski definition) is 5. The highest BCUT2D eigenvalue weighted by atomic mass is 79.9. The van der Waals surface area contributed by atoms with Crippen molar-refractivity contribution in [2.75, 3.05) is 38.1 Å². The lowest BCUT2D eigenvalue weighted by Gasteiger charge is -2.32. The van der Waals surface area contributed by atoms with E-state index in [9.17, 15) is 14.5 Å². The molecule has 1 fully saturated rings. The number of hydrogen-bond donors (Lipinski definition) is 1. The van der Waals surface area contributed by atoms with Gasteiger partial charge in [-0.2, -0.15) is 0 Å². The Labute approximate surface area is 130 Å². The third-order valence-electron chi connectivity index (χ3n) is 3.43. The van der Waals surface area contributed by atoms with Crippen molar-refractivity contribution in [3.05, 3.63) is 32.5 Å². The lowest BCUT2D eigenvalue weighted by Crippen LogP contribution is -2.45. The molecule has 1 aliphatic heterocycles. The van der Waals surface area contributed by atoms with Gasteiger partial charge in [-0.1, -0.05) is 6.92 Å². The van der Waals surface area contributed by atoms with Crippen molar-refractivity contribution in [3.63, 3.8) is 0 Å². The second-order valence-electron chi connectivity index (χ2n) is 4.81. The van der Waals surface area contributed by atoms with Crippen LogP contribution in [-0.2, 0) is 4.74 Å². The van der Waals surface area contributed by atoms with Crippen LogP contribution in [0, 0.1) is 15.9 Å². The monoisotopic (exact) mass is 361 g/mol. The summed E-state index contributed by atoms with van der Waals surface area (Å²) >= 11 is 3.04. The fourth-order valence-electron chi connectivity index (χ4n) is 2.24. The van der Waals surface area contributed by atoms with Gasteiger partial charge in [0.05, 0.1) is 28.2 Å². The van der Waals surface area contributed by atoms with Gasteiger partial charge in [-0.25, -0.2) is 4.39 Å². The molecule has 0 radical (unpaired) electrons. The highest BCUT2D eigenvalue weighted by Crippen LogP contribution is 2.30.